The van der Waals surface area contributed by atoms with Crippen LogP contribution in [0.25, 0.3) is 11.5 Å². The van der Waals surface area contributed by atoms with Crippen LogP contribution in [0.2, 0.25) is 0 Å². The van der Waals surface area contributed by atoms with E-state index < -0.39 is 5.97 Å². The molecule has 0 aliphatic rings. The van der Waals surface area contributed by atoms with E-state index in [-0.39, 0.29) is 11.2 Å². The molecule has 0 spiro atoms. The van der Waals surface area contributed by atoms with Crippen molar-refractivity contribution in [2.24, 2.45) is 0 Å². The molecular weight excluding hydrogens is 381 g/mol. The van der Waals surface area contributed by atoms with Crippen LogP contribution in [0.1, 0.15) is 42.6 Å². The van der Waals surface area contributed by atoms with Gasteiger partial charge in [-0.3, -0.25) is 0 Å². The number of nitrogens with zero attached hydrogens (tertiary/aromatic N) is 1. The summed E-state index contributed by atoms with van der Waals surface area (Å²) in [6.45, 7) is 7.99. The third-order valence-electron chi connectivity index (χ3n) is 3.13. The number of hydrogen-bond acceptors (Lipinski definition) is 4. The number of halogens is 1. The first-order chi connectivity index (χ1) is 9.75. The lowest BCUT2D eigenvalue weighted by molar-refractivity contribution is 0.0562. The topological polar surface area (TPSA) is 52.3 Å². The predicted molar refractivity (Wildman–Crippen MR) is 89.4 cm³/mol. The fourth-order valence-electron chi connectivity index (χ4n) is 1.99. The van der Waals surface area contributed by atoms with Crippen molar-refractivity contribution in [3.05, 3.63) is 38.8 Å². The molecule has 1 heterocycles. The Hall–Kier alpha value is -1.37. The maximum Gasteiger partial charge on any atom is 0.376 e. The summed E-state index contributed by atoms with van der Waals surface area (Å²) in [4.78, 5) is 16.5. The van der Waals surface area contributed by atoms with Crippen molar-refractivity contribution in [3.8, 4) is 11.5 Å². The van der Waals surface area contributed by atoms with Gasteiger partial charge in [0.15, 0.2) is 0 Å². The lowest BCUT2D eigenvalue weighted by Crippen LogP contribution is -2.17. The molecule has 5 heteroatoms. The molecular formula is C16H18INO3. The number of ether oxygens (including phenoxy) is 1. The first-order valence-corrected chi connectivity index (χ1v) is 7.68. The number of esters is 1. The molecule has 1 aromatic carbocycles. The zero-order valence-electron chi connectivity index (χ0n) is 12.8. The third kappa shape index (κ3) is 3.12. The van der Waals surface area contributed by atoms with E-state index in [1.54, 1.807) is 0 Å². The average Bonchev–Trinajstić information content (AvgIpc) is 2.86. The lowest BCUT2D eigenvalue weighted by Gasteiger charge is -2.15. The van der Waals surface area contributed by atoms with Crippen molar-refractivity contribution >= 4 is 28.6 Å². The monoisotopic (exact) mass is 399 g/mol. The molecule has 2 rings (SSSR count). The van der Waals surface area contributed by atoms with Crippen LogP contribution in [0, 0.1) is 10.5 Å². The van der Waals surface area contributed by atoms with Gasteiger partial charge in [-0.1, -0.05) is 32.9 Å². The molecule has 0 N–H and O–H groups in total. The van der Waals surface area contributed by atoms with E-state index in [9.17, 15) is 4.79 Å². The Morgan fingerprint density at radius 3 is 2.57 bits per heavy atom. The quantitative estimate of drug-likeness (QED) is 0.557. The van der Waals surface area contributed by atoms with Crippen LogP contribution >= 0.6 is 22.6 Å². The Morgan fingerprint density at radius 1 is 1.33 bits per heavy atom. The van der Waals surface area contributed by atoms with Crippen molar-refractivity contribution in [2.45, 2.75) is 33.1 Å². The van der Waals surface area contributed by atoms with Gasteiger partial charge in [0, 0.05) is 8.99 Å². The molecule has 0 atom stereocenters. The molecule has 0 saturated carbocycles. The smallest absolute Gasteiger partial charge is 0.376 e. The van der Waals surface area contributed by atoms with Crippen molar-refractivity contribution in [2.75, 3.05) is 7.11 Å². The van der Waals surface area contributed by atoms with Crippen LogP contribution in [-0.4, -0.2) is 18.1 Å². The zero-order valence-corrected chi connectivity index (χ0v) is 14.9. The summed E-state index contributed by atoms with van der Waals surface area (Å²) < 4.78 is 11.6. The van der Waals surface area contributed by atoms with E-state index in [1.807, 2.05) is 45.9 Å². The second-order valence-electron chi connectivity index (χ2n) is 5.87. The van der Waals surface area contributed by atoms with Crippen molar-refractivity contribution in [1.29, 1.82) is 0 Å². The molecule has 4 nitrogen and oxygen atoms in total. The molecule has 0 bridgehead atoms. The number of carbonyl (C=O) groups is 1. The highest BCUT2D eigenvalue weighted by molar-refractivity contribution is 14.1. The van der Waals surface area contributed by atoms with Crippen LogP contribution in [0.5, 0.6) is 0 Å². The number of benzene rings is 1. The van der Waals surface area contributed by atoms with Gasteiger partial charge in [0.05, 0.1) is 12.7 Å². The van der Waals surface area contributed by atoms with Gasteiger partial charge in [0.2, 0.25) is 11.7 Å². The second-order valence-corrected chi connectivity index (χ2v) is 6.95. The van der Waals surface area contributed by atoms with E-state index in [2.05, 4.69) is 27.6 Å². The molecule has 21 heavy (non-hydrogen) atoms. The first kappa shape index (κ1) is 16.0. The summed E-state index contributed by atoms with van der Waals surface area (Å²) in [6.07, 6.45) is 0. The van der Waals surface area contributed by atoms with Gasteiger partial charge in [0.1, 0.15) is 5.69 Å². The average molecular weight is 399 g/mol. The minimum atomic E-state index is -0.499. The molecule has 0 radical (unpaired) electrons. The fraction of sp³-hybridized carbons (Fsp3) is 0.375. The predicted octanol–water partition coefficient (Wildman–Crippen LogP) is 4.34. The van der Waals surface area contributed by atoms with E-state index in [1.165, 1.54) is 7.11 Å². The van der Waals surface area contributed by atoms with Gasteiger partial charge in [-0.05, 0) is 41.1 Å². The Bertz CT molecular complexity index is 683. The lowest BCUT2D eigenvalue weighted by atomic mass is 9.91. The zero-order chi connectivity index (χ0) is 15.8. The van der Waals surface area contributed by atoms with Gasteiger partial charge in [-0.25, -0.2) is 9.78 Å². The molecule has 2 aromatic rings. The minimum Gasteiger partial charge on any atom is -0.463 e. The molecule has 0 saturated heterocycles. The summed E-state index contributed by atoms with van der Waals surface area (Å²) in [6, 6.07) is 5.92. The van der Waals surface area contributed by atoms with Crippen molar-refractivity contribution in [3.63, 3.8) is 0 Å². The molecule has 0 unspecified atom stereocenters. The van der Waals surface area contributed by atoms with Gasteiger partial charge in [-0.2, -0.15) is 0 Å². The number of hydrogen-bond donors (Lipinski definition) is 0. The van der Waals surface area contributed by atoms with Crippen LogP contribution < -0.4 is 0 Å². The summed E-state index contributed by atoms with van der Waals surface area (Å²) in [5.41, 5.74) is 2.33. The summed E-state index contributed by atoms with van der Waals surface area (Å²) >= 11 is 2.26. The van der Waals surface area contributed by atoms with Gasteiger partial charge in [0.25, 0.3) is 0 Å². The Morgan fingerprint density at radius 2 is 2.00 bits per heavy atom. The van der Waals surface area contributed by atoms with Crippen LogP contribution in [0.3, 0.4) is 0 Å². The Balaban J connectivity index is 2.64. The molecule has 0 fully saturated rings. The van der Waals surface area contributed by atoms with E-state index in [0.717, 1.165) is 14.7 Å². The first-order valence-electron chi connectivity index (χ1n) is 6.60. The standard InChI is InChI=1S/C16H18INO3/c1-9-7-6-8-10(11(9)17)14-18-13(16(2,3)4)12(21-14)15(19)20-5/h6-8H,1-5H3. The Kier molecular flexibility index (Phi) is 4.41. The maximum absolute atomic E-state index is 11.9. The molecule has 1 aromatic heterocycles. The van der Waals surface area contributed by atoms with Gasteiger partial charge >= 0.3 is 5.97 Å². The summed E-state index contributed by atoms with van der Waals surface area (Å²) in [5, 5.41) is 0. The van der Waals surface area contributed by atoms with Crippen LogP contribution in [0.15, 0.2) is 22.6 Å². The number of carbonyl (C=O) groups excluding carboxylic acids is 1. The van der Waals surface area contributed by atoms with E-state index in [0.29, 0.717) is 11.6 Å². The molecule has 0 aliphatic carbocycles. The second kappa shape index (κ2) is 5.79. The number of aryl methyl sites for hydroxylation is 1. The van der Waals surface area contributed by atoms with Crippen LogP contribution in [0.4, 0.5) is 0 Å². The number of oxazole rings is 1. The highest BCUT2D eigenvalue weighted by Gasteiger charge is 2.30. The molecule has 0 amide bonds. The normalized spacial score (nSPS) is 11.5. The van der Waals surface area contributed by atoms with Gasteiger partial charge < -0.3 is 9.15 Å². The number of rotatable bonds is 2. The van der Waals surface area contributed by atoms with Crippen molar-refractivity contribution < 1.29 is 13.9 Å². The van der Waals surface area contributed by atoms with E-state index in [4.69, 9.17) is 9.15 Å². The third-order valence-corrected chi connectivity index (χ3v) is 4.56. The number of methoxy groups -OCH3 is 1. The van der Waals surface area contributed by atoms with Crippen molar-refractivity contribution in [1.82, 2.24) is 4.98 Å². The fourth-order valence-corrected chi connectivity index (χ4v) is 2.58. The summed E-state index contributed by atoms with van der Waals surface area (Å²) in [7, 11) is 1.34. The van der Waals surface area contributed by atoms with E-state index >= 15 is 0 Å². The highest BCUT2D eigenvalue weighted by Crippen LogP contribution is 2.33. The summed E-state index contributed by atoms with van der Waals surface area (Å²) in [5.74, 6) is 0.132. The minimum absolute atomic E-state index is 0.178. The van der Waals surface area contributed by atoms with Crippen LogP contribution in [-0.2, 0) is 10.2 Å². The maximum atomic E-state index is 11.9. The van der Waals surface area contributed by atoms with Gasteiger partial charge in [-0.15, -0.1) is 0 Å². The molecule has 112 valence electrons. The Labute approximate surface area is 138 Å². The molecule has 0 aliphatic heterocycles. The highest BCUT2D eigenvalue weighted by atomic mass is 127. The number of aromatic nitrogens is 1. The largest absolute Gasteiger partial charge is 0.463 e. The SMILES string of the molecule is COC(=O)c1oc(-c2cccc(C)c2I)nc1C(C)(C)C.